The van der Waals surface area contributed by atoms with Crippen LogP contribution in [0.1, 0.15) is 6.42 Å². The molecule has 1 heterocycles. The van der Waals surface area contributed by atoms with Crippen LogP contribution >= 0.6 is 11.6 Å². The van der Waals surface area contributed by atoms with E-state index in [4.69, 9.17) is 16.3 Å². The topological polar surface area (TPSA) is 54.5 Å². The van der Waals surface area contributed by atoms with E-state index in [0.717, 1.165) is 6.42 Å². The van der Waals surface area contributed by atoms with Gasteiger partial charge in [-0.25, -0.2) is 9.37 Å². The van der Waals surface area contributed by atoms with Gasteiger partial charge in [-0.3, -0.25) is 9.69 Å². The number of likely N-dealkylation sites (N-methyl/N-ethyl adjacent to an activating group) is 1. The van der Waals surface area contributed by atoms with Crippen molar-refractivity contribution in [3.63, 3.8) is 0 Å². The van der Waals surface area contributed by atoms with Crippen molar-refractivity contribution < 1.29 is 13.9 Å². The van der Waals surface area contributed by atoms with Gasteiger partial charge in [0.15, 0.2) is 0 Å². The molecule has 1 N–H and O–H groups in total. The Morgan fingerprint density at radius 3 is 2.71 bits per heavy atom. The standard InChI is InChI=1S/C17H19ClFN3O2/c1-22(9-2-10-24-15-6-4-14(19)5-7-15)12-17(23)21-16-8-3-13(18)11-20-16/h3-8,11H,2,9-10,12H2,1H3,(H,20,21,23). The van der Waals surface area contributed by atoms with Gasteiger partial charge in [-0.15, -0.1) is 0 Å². The summed E-state index contributed by atoms with van der Waals surface area (Å²) in [6.45, 7) is 1.44. The van der Waals surface area contributed by atoms with Crippen molar-refractivity contribution in [2.75, 3.05) is 32.1 Å². The molecule has 5 nitrogen and oxygen atoms in total. The van der Waals surface area contributed by atoms with E-state index in [9.17, 15) is 9.18 Å². The van der Waals surface area contributed by atoms with Crippen LogP contribution in [0.3, 0.4) is 0 Å². The number of pyridine rings is 1. The zero-order chi connectivity index (χ0) is 17.4. The van der Waals surface area contributed by atoms with Crippen LogP contribution in [0.5, 0.6) is 5.75 Å². The summed E-state index contributed by atoms with van der Waals surface area (Å²) in [7, 11) is 1.85. The maximum atomic E-state index is 12.8. The molecule has 0 fully saturated rings. The number of carbonyl (C=O) groups excluding carboxylic acids is 1. The highest BCUT2D eigenvalue weighted by molar-refractivity contribution is 6.30. The fourth-order valence-corrected chi connectivity index (χ4v) is 2.12. The molecule has 0 spiro atoms. The van der Waals surface area contributed by atoms with Crippen molar-refractivity contribution in [3.05, 3.63) is 53.4 Å². The lowest BCUT2D eigenvalue weighted by Crippen LogP contribution is -2.31. The van der Waals surface area contributed by atoms with Crippen molar-refractivity contribution in [1.29, 1.82) is 0 Å². The number of amides is 1. The Morgan fingerprint density at radius 1 is 1.29 bits per heavy atom. The molecule has 1 amide bonds. The molecule has 0 aliphatic heterocycles. The van der Waals surface area contributed by atoms with Crippen LogP contribution in [0.4, 0.5) is 10.2 Å². The number of hydrogen-bond donors (Lipinski definition) is 1. The summed E-state index contributed by atoms with van der Waals surface area (Å²) in [6.07, 6.45) is 2.23. The van der Waals surface area contributed by atoms with Crippen LogP contribution in [-0.2, 0) is 4.79 Å². The number of hydrogen-bond acceptors (Lipinski definition) is 4. The minimum atomic E-state index is -0.289. The van der Waals surface area contributed by atoms with E-state index in [0.29, 0.717) is 29.7 Å². The number of rotatable bonds is 8. The fraction of sp³-hybridized carbons (Fsp3) is 0.294. The van der Waals surface area contributed by atoms with Gasteiger partial charge < -0.3 is 10.1 Å². The summed E-state index contributed by atoms with van der Waals surface area (Å²) in [6, 6.07) is 9.21. The lowest BCUT2D eigenvalue weighted by molar-refractivity contribution is -0.117. The highest BCUT2D eigenvalue weighted by Gasteiger charge is 2.07. The highest BCUT2D eigenvalue weighted by Crippen LogP contribution is 2.11. The van der Waals surface area contributed by atoms with E-state index >= 15 is 0 Å². The molecule has 128 valence electrons. The van der Waals surface area contributed by atoms with Gasteiger partial charge in [0.25, 0.3) is 0 Å². The minimum Gasteiger partial charge on any atom is -0.494 e. The monoisotopic (exact) mass is 351 g/mol. The number of nitrogens with zero attached hydrogens (tertiary/aromatic N) is 2. The summed E-state index contributed by atoms with van der Waals surface area (Å²) in [5, 5.41) is 3.22. The van der Waals surface area contributed by atoms with E-state index in [1.165, 1.54) is 18.3 Å². The zero-order valence-corrected chi connectivity index (χ0v) is 14.1. The number of nitrogens with one attached hydrogen (secondary N) is 1. The van der Waals surface area contributed by atoms with Gasteiger partial charge in [0, 0.05) is 12.7 Å². The summed E-state index contributed by atoms with van der Waals surface area (Å²) in [5.41, 5.74) is 0. The van der Waals surface area contributed by atoms with Gasteiger partial charge >= 0.3 is 0 Å². The summed E-state index contributed by atoms with van der Waals surface area (Å²) >= 11 is 5.74. The smallest absolute Gasteiger partial charge is 0.239 e. The number of anilines is 1. The Kier molecular flexibility index (Phi) is 6.96. The summed E-state index contributed by atoms with van der Waals surface area (Å²) in [4.78, 5) is 17.8. The number of ether oxygens (including phenoxy) is 1. The van der Waals surface area contributed by atoms with Crippen LogP contribution in [0.15, 0.2) is 42.6 Å². The van der Waals surface area contributed by atoms with Gasteiger partial charge in [0.2, 0.25) is 5.91 Å². The molecule has 2 rings (SSSR count). The number of aromatic nitrogens is 1. The molecule has 0 saturated carbocycles. The molecule has 0 radical (unpaired) electrons. The molecular weight excluding hydrogens is 333 g/mol. The molecule has 0 aliphatic rings. The maximum Gasteiger partial charge on any atom is 0.239 e. The van der Waals surface area contributed by atoms with Crippen molar-refractivity contribution in [3.8, 4) is 5.75 Å². The van der Waals surface area contributed by atoms with Crippen molar-refractivity contribution >= 4 is 23.3 Å². The molecule has 0 bridgehead atoms. The lowest BCUT2D eigenvalue weighted by atomic mass is 10.3. The van der Waals surface area contributed by atoms with Crippen LogP contribution < -0.4 is 10.1 Å². The van der Waals surface area contributed by atoms with Gasteiger partial charge in [-0.1, -0.05) is 11.6 Å². The molecule has 1 aromatic carbocycles. The van der Waals surface area contributed by atoms with Crippen molar-refractivity contribution in [2.24, 2.45) is 0 Å². The molecule has 0 aliphatic carbocycles. The van der Waals surface area contributed by atoms with E-state index in [-0.39, 0.29) is 18.3 Å². The van der Waals surface area contributed by atoms with Crippen molar-refractivity contribution in [2.45, 2.75) is 6.42 Å². The van der Waals surface area contributed by atoms with Crippen LogP contribution in [-0.4, -0.2) is 42.5 Å². The van der Waals surface area contributed by atoms with E-state index in [1.807, 2.05) is 11.9 Å². The Hall–Kier alpha value is -2.18. The summed E-state index contributed by atoms with van der Waals surface area (Å²) < 4.78 is 18.3. The first-order valence-corrected chi connectivity index (χ1v) is 7.89. The molecule has 24 heavy (non-hydrogen) atoms. The Bertz CT molecular complexity index is 650. The molecule has 0 atom stereocenters. The first-order valence-electron chi connectivity index (χ1n) is 7.51. The maximum absolute atomic E-state index is 12.8. The molecule has 2 aromatic rings. The van der Waals surface area contributed by atoms with E-state index in [1.54, 1.807) is 24.3 Å². The van der Waals surface area contributed by atoms with E-state index < -0.39 is 0 Å². The molecule has 0 unspecified atom stereocenters. The third kappa shape index (κ3) is 6.52. The zero-order valence-electron chi connectivity index (χ0n) is 13.3. The minimum absolute atomic E-state index is 0.147. The third-order valence-electron chi connectivity index (χ3n) is 3.17. The number of halogens is 2. The highest BCUT2D eigenvalue weighted by atomic mass is 35.5. The summed E-state index contributed by atoms with van der Waals surface area (Å²) in [5.74, 6) is 0.665. The second-order valence-electron chi connectivity index (χ2n) is 5.30. The van der Waals surface area contributed by atoms with Gasteiger partial charge in [-0.05, 0) is 49.9 Å². The Morgan fingerprint density at radius 2 is 2.04 bits per heavy atom. The first kappa shape index (κ1) is 18.2. The molecule has 7 heteroatoms. The van der Waals surface area contributed by atoms with Crippen LogP contribution in [0.2, 0.25) is 5.02 Å². The average molecular weight is 352 g/mol. The Labute approximate surface area is 145 Å². The van der Waals surface area contributed by atoms with Crippen LogP contribution in [0.25, 0.3) is 0 Å². The van der Waals surface area contributed by atoms with Crippen molar-refractivity contribution in [1.82, 2.24) is 9.88 Å². The normalized spacial score (nSPS) is 10.7. The predicted octanol–water partition coefficient (Wildman–Crippen LogP) is 3.21. The fourth-order valence-electron chi connectivity index (χ4n) is 2.01. The number of benzene rings is 1. The predicted molar refractivity (Wildman–Crippen MR) is 91.9 cm³/mol. The third-order valence-corrected chi connectivity index (χ3v) is 3.40. The second-order valence-corrected chi connectivity index (χ2v) is 5.74. The number of carbonyl (C=O) groups is 1. The Balaban J connectivity index is 1.63. The second kappa shape index (κ2) is 9.20. The first-order chi connectivity index (χ1) is 11.5. The van der Waals surface area contributed by atoms with Gasteiger partial charge in [-0.2, -0.15) is 0 Å². The van der Waals surface area contributed by atoms with Gasteiger partial charge in [0.1, 0.15) is 17.4 Å². The van der Waals surface area contributed by atoms with Crippen LogP contribution in [0, 0.1) is 5.82 Å². The largest absolute Gasteiger partial charge is 0.494 e. The lowest BCUT2D eigenvalue weighted by Gasteiger charge is -2.16. The van der Waals surface area contributed by atoms with Gasteiger partial charge in [0.05, 0.1) is 18.2 Å². The quantitative estimate of drug-likeness (QED) is 0.742. The SMILES string of the molecule is CN(CCCOc1ccc(F)cc1)CC(=O)Nc1ccc(Cl)cn1. The average Bonchev–Trinajstić information content (AvgIpc) is 2.55. The molecular formula is C17H19ClFN3O2. The van der Waals surface area contributed by atoms with E-state index in [2.05, 4.69) is 10.3 Å². The molecule has 0 saturated heterocycles. The molecule has 1 aromatic heterocycles.